The maximum Gasteiger partial charge on any atom is 0.257 e. The van der Waals surface area contributed by atoms with Gasteiger partial charge in [-0.15, -0.1) is 21.5 Å². The number of aryl methyl sites for hydroxylation is 1. The van der Waals surface area contributed by atoms with Crippen molar-refractivity contribution in [1.82, 2.24) is 19.7 Å². The minimum absolute atomic E-state index is 0.0164. The van der Waals surface area contributed by atoms with Gasteiger partial charge in [0.15, 0.2) is 5.16 Å². The number of hydrogen-bond donors (Lipinski definition) is 1. The van der Waals surface area contributed by atoms with Crippen molar-refractivity contribution in [2.45, 2.75) is 57.1 Å². The normalized spacial score (nSPS) is 16.0. The number of rotatable bonds is 7. The van der Waals surface area contributed by atoms with Crippen molar-refractivity contribution in [3.63, 3.8) is 0 Å². The van der Waals surface area contributed by atoms with Crippen molar-refractivity contribution in [3.8, 4) is 10.4 Å². The molecule has 3 heterocycles. The molecule has 2 aliphatic rings. The maximum atomic E-state index is 13.5. The number of amides is 2. The van der Waals surface area contributed by atoms with Crippen molar-refractivity contribution in [2.24, 2.45) is 0 Å². The molecule has 0 spiro atoms. The number of thiophene rings is 1. The number of piperidine rings is 1. The minimum Gasteiger partial charge on any atom is -0.339 e. The van der Waals surface area contributed by atoms with Crippen molar-refractivity contribution in [2.75, 3.05) is 24.2 Å². The van der Waals surface area contributed by atoms with Gasteiger partial charge in [0, 0.05) is 24.0 Å². The number of hydrogen-bond acceptors (Lipinski definition) is 6. The second kappa shape index (κ2) is 9.92. The van der Waals surface area contributed by atoms with E-state index in [1.165, 1.54) is 23.1 Å². The van der Waals surface area contributed by atoms with Crippen LogP contribution in [0.5, 0.6) is 0 Å². The summed E-state index contributed by atoms with van der Waals surface area (Å²) in [5.74, 6) is 0.991. The van der Waals surface area contributed by atoms with Crippen LogP contribution in [0.3, 0.4) is 0 Å². The molecule has 1 N–H and O–H groups in total. The van der Waals surface area contributed by atoms with Gasteiger partial charge >= 0.3 is 0 Å². The Hall–Kier alpha value is -2.65. The molecule has 178 valence electrons. The number of thioether (sulfide) groups is 1. The first-order valence-corrected chi connectivity index (χ1v) is 13.7. The Labute approximate surface area is 208 Å². The van der Waals surface area contributed by atoms with Crippen LogP contribution in [0, 0.1) is 13.8 Å². The molecular formula is C25H29N5O2S2. The average molecular weight is 496 g/mol. The van der Waals surface area contributed by atoms with E-state index in [2.05, 4.69) is 20.1 Å². The zero-order valence-electron chi connectivity index (χ0n) is 19.5. The summed E-state index contributed by atoms with van der Waals surface area (Å²) in [6, 6.07) is 10.5. The van der Waals surface area contributed by atoms with Crippen molar-refractivity contribution >= 4 is 39.9 Å². The summed E-state index contributed by atoms with van der Waals surface area (Å²) in [6.45, 7) is 5.48. The van der Waals surface area contributed by atoms with E-state index in [9.17, 15) is 9.59 Å². The number of likely N-dealkylation sites (tertiary alicyclic amines) is 1. The lowest BCUT2D eigenvalue weighted by atomic mass is 10.0. The van der Waals surface area contributed by atoms with Crippen LogP contribution in [0.4, 0.5) is 5.00 Å². The Bertz CT molecular complexity index is 1190. The molecule has 34 heavy (non-hydrogen) atoms. The van der Waals surface area contributed by atoms with Crippen molar-refractivity contribution in [3.05, 3.63) is 47.3 Å². The van der Waals surface area contributed by atoms with Crippen molar-refractivity contribution < 1.29 is 9.59 Å². The average Bonchev–Trinajstić information content (AvgIpc) is 3.55. The smallest absolute Gasteiger partial charge is 0.257 e. The number of carbonyl (C=O) groups excluding carboxylic acids is 2. The Morgan fingerprint density at radius 3 is 2.53 bits per heavy atom. The number of aromatic nitrogens is 3. The highest BCUT2D eigenvalue weighted by Crippen LogP contribution is 2.41. The molecule has 5 rings (SSSR count). The molecule has 7 nitrogen and oxygen atoms in total. The molecule has 0 atom stereocenters. The molecule has 2 fully saturated rings. The van der Waals surface area contributed by atoms with E-state index in [-0.39, 0.29) is 17.6 Å². The van der Waals surface area contributed by atoms with Crippen molar-refractivity contribution in [1.29, 1.82) is 0 Å². The summed E-state index contributed by atoms with van der Waals surface area (Å²) < 4.78 is 2.13. The third-order valence-electron chi connectivity index (χ3n) is 6.37. The zero-order chi connectivity index (χ0) is 23.7. The van der Waals surface area contributed by atoms with E-state index in [1.54, 1.807) is 0 Å². The molecule has 0 radical (unpaired) electrons. The van der Waals surface area contributed by atoms with E-state index in [0.29, 0.717) is 16.6 Å². The van der Waals surface area contributed by atoms with Crippen LogP contribution in [0.2, 0.25) is 0 Å². The first-order valence-electron chi connectivity index (χ1n) is 11.8. The van der Waals surface area contributed by atoms with Crippen LogP contribution < -0.4 is 5.32 Å². The van der Waals surface area contributed by atoms with Gasteiger partial charge in [0.05, 0.1) is 11.3 Å². The SMILES string of the molecule is Cc1c(-c2ccccc2)sc(NC(=O)CSc2nnc(C)n2C2CC2)c1C(=O)N1CCCCC1. The van der Waals surface area contributed by atoms with Gasteiger partial charge in [-0.3, -0.25) is 9.59 Å². The molecule has 1 saturated heterocycles. The van der Waals surface area contributed by atoms with Crippen LogP contribution >= 0.6 is 23.1 Å². The lowest BCUT2D eigenvalue weighted by Gasteiger charge is -2.27. The van der Waals surface area contributed by atoms with E-state index in [4.69, 9.17) is 0 Å². The van der Waals surface area contributed by atoms with Crippen LogP contribution in [-0.2, 0) is 4.79 Å². The van der Waals surface area contributed by atoms with Gasteiger partial charge in [-0.1, -0.05) is 42.1 Å². The van der Waals surface area contributed by atoms with Gasteiger partial charge < -0.3 is 14.8 Å². The van der Waals surface area contributed by atoms with Gasteiger partial charge in [0.25, 0.3) is 5.91 Å². The largest absolute Gasteiger partial charge is 0.339 e. The molecule has 2 amide bonds. The fraction of sp³-hybridized carbons (Fsp3) is 0.440. The topological polar surface area (TPSA) is 80.1 Å². The summed E-state index contributed by atoms with van der Waals surface area (Å²) in [4.78, 5) is 29.5. The fourth-order valence-corrected chi connectivity index (χ4v) is 6.55. The molecule has 1 aromatic carbocycles. The zero-order valence-corrected chi connectivity index (χ0v) is 21.2. The first kappa shape index (κ1) is 23.1. The lowest BCUT2D eigenvalue weighted by molar-refractivity contribution is -0.113. The monoisotopic (exact) mass is 495 g/mol. The van der Waals surface area contributed by atoms with Gasteiger partial charge in [-0.2, -0.15) is 0 Å². The molecule has 2 aromatic heterocycles. The van der Waals surface area contributed by atoms with Gasteiger partial charge in [0.1, 0.15) is 10.8 Å². The summed E-state index contributed by atoms with van der Waals surface area (Å²) in [5.41, 5.74) is 2.61. The predicted octanol–water partition coefficient (Wildman–Crippen LogP) is 5.32. The number of nitrogens with one attached hydrogen (secondary N) is 1. The number of carbonyl (C=O) groups is 2. The molecule has 9 heteroatoms. The third-order valence-corrected chi connectivity index (χ3v) is 8.57. The Kier molecular flexibility index (Phi) is 6.74. The molecule has 0 bridgehead atoms. The van der Waals surface area contributed by atoms with E-state index in [1.807, 2.05) is 49.1 Å². The highest BCUT2D eigenvalue weighted by molar-refractivity contribution is 7.99. The highest BCUT2D eigenvalue weighted by Gasteiger charge is 2.30. The van der Waals surface area contributed by atoms with E-state index in [0.717, 1.165) is 72.2 Å². The van der Waals surface area contributed by atoms with E-state index < -0.39 is 0 Å². The van der Waals surface area contributed by atoms with Crippen LogP contribution in [-0.4, -0.2) is 50.3 Å². The van der Waals surface area contributed by atoms with Crippen LogP contribution in [0.15, 0.2) is 35.5 Å². The minimum atomic E-state index is -0.137. The third kappa shape index (κ3) is 4.77. The molecular weight excluding hydrogens is 466 g/mol. The maximum absolute atomic E-state index is 13.5. The lowest BCUT2D eigenvalue weighted by Crippen LogP contribution is -2.36. The summed E-state index contributed by atoms with van der Waals surface area (Å²) in [6.07, 6.45) is 5.49. The van der Waals surface area contributed by atoms with Crippen LogP contribution in [0.25, 0.3) is 10.4 Å². The Morgan fingerprint density at radius 1 is 1.09 bits per heavy atom. The molecule has 3 aromatic rings. The number of benzene rings is 1. The second-order valence-electron chi connectivity index (χ2n) is 8.95. The van der Waals surface area contributed by atoms with Gasteiger partial charge in [0.2, 0.25) is 5.91 Å². The fourth-order valence-electron chi connectivity index (χ4n) is 4.47. The quantitative estimate of drug-likeness (QED) is 0.449. The highest BCUT2D eigenvalue weighted by atomic mass is 32.2. The Balaban J connectivity index is 1.38. The number of nitrogens with zero attached hydrogens (tertiary/aromatic N) is 4. The van der Waals surface area contributed by atoms with E-state index >= 15 is 0 Å². The predicted molar refractivity (Wildman–Crippen MR) is 137 cm³/mol. The van der Waals surface area contributed by atoms with Gasteiger partial charge in [-0.25, -0.2) is 0 Å². The summed E-state index contributed by atoms with van der Waals surface area (Å²) in [5, 5.41) is 12.9. The first-order chi connectivity index (χ1) is 16.5. The Morgan fingerprint density at radius 2 is 1.82 bits per heavy atom. The number of anilines is 1. The second-order valence-corrected chi connectivity index (χ2v) is 10.9. The molecule has 1 aliphatic carbocycles. The van der Waals surface area contributed by atoms with Crippen LogP contribution in [0.1, 0.15) is 59.9 Å². The summed E-state index contributed by atoms with van der Waals surface area (Å²) >= 11 is 2.88. The molecule has 0 unspecified atom stereocenters. The van der Waals surface area contributed by atoms with Gasteiger partial charge in [-0.05, 0) is 57.1 Å². The summed E-state index contributed by atoms with van der Waals surface area (Å²) in [7, 11) is 0. The molecule has 1 aliphatic heterocycles. The standard InChI is InChI=1S/C25H29N5O2S2/c1-16-21(24(32)29-13-7-4-8-14-29)23(34-22(16)18-9-5-3-6-10-18)26-20(31)15-33-25-28-27-17(2)30(25)19-11-12-19/h3,5-6,9-10,19H,4,7-8,11-15H2,1-2H3,(H,26,31). The molecule has 1 saturated carbocycles.